The SMILES string of the molecule is COc1ccc(-c2nn(C(c3ccccc3)c3ccccc3)c(=O)c3nc(C)sc23)cc1OC. The quantitative estimate of drug-likeness (QED) is 0.329. The molecule has 0 aliphatic rings. The first kappa shape index (κ1) is 21.9. The molecule has 0 spiro atoms. The standard InChI is InChI=1S/C27H23N3O3S/c1-17-28-24-26(34-17)23(20-14-15-21(32-2)22(16-20)33-3)29-30(27(24)31)25(18-10-6-4-7-11-18)19-12-8-5-9-13-19/h4-16,25H,1-3H3. The van der Waals surface area contributed by atoms with Gasteiger partial charge in [0.1, 0.15) is 11.7 Å². The van der Waals surface area contributed by atoms with Crippen molar-refractivity contribution >= 4 is 21.6 Å². The van der Waals surface area contributed by atoms with E-state index in [2.05, 4.69) is 4.98 Å². The number of hydrogen-bond donors (Lipinski definition) is 0. The lowest BCUT2D eigenvalue weighted by molar-refractivity contribution is 0.355. The summed E-state index contributed by atoms with van der Waals surface area (Å²) in [5, 5.41) is 5.76. The van der Waals surface area contributed by atoms with Crippen molar-refractivity contribution in [1.82, 2.24) is 14.8 Å². The smallest absolute Gasteiger partial charge is 0.295 e. The molecule has 34 heavy (non-hydrogen) atoms. The Labute approximate surface area is 201 Å². The molecule has 0 unspecified atom stereocenters. The van der Waals surface area contributed by atoms with Gasteiger partial charge in [0.2, 0.25) is 0 Å². The molecular formula is C27H23N3O3S. The number of benzene rings is 3. The van der Waals surface area contributed by atoms with Crippen LogP contribution in [0.25, 0.3) is 21.5 Å². The fourth-order valence-electron chi connectivity index (χ4n) is 4.13. The minimum atomic E-state index is -0.403. The molecule has 0 N–H and O–H groups in total. The lowest BCUT2D eigenvalue weighted by Crippen LogP contribution is -2.29. The van der Waals surface area contributed by atoms with Gasteiger partial charge >= 0.3 is 0 Å². The van der Waals surface area contributed by atoms with Crippen molar-refractivity contribution in [2.45, 2.75) is 13.0 Å². The predicted octanol–water partition coefficient (Wildman–Crippen LogP) is 5.48. The van der Waals surface area contributed by atoms with Crippen LogP contribution in [0.3, 0.4) is 0 Å². The maximum Gasteiger partial charge on any atom is 0.295 e. The van der Waals surface area contributed by atoms with E-state index in [0.717, 1.165) is 26.4 Å². The highest BCUT2D eigenvalue weighted by Crippen LogP contribution is 2.36. The van der Waals surface area contributed by atoms with Crippen molar-refractivity contribution in [2.24, 2.45) is 0 Å². The number of aromatic nitrogens is 3. The maximum absolute atomic E-state index is 13.7. The van der Waals surface area contributed by atoms with Gasteiger partial charge in [-0.2, -0.15) is 5.10 Å². The van der Waals surface area contributed by atoms with Crippen molar-refractivity contribution in [2.75, 3.05) is 14.2 Å². The Hall–Kier alpha value is -3.97. The van der Waals surface area contributed by atoms with Crippen molar-refractivity contribution < 1.29 is 9.47 Å². The normalized spacial score (nSPS) is 11.2. The molecule has 5 aromatic rings. The van der Waals surface area contributed by atoms with Gasteiger partial charge in [-0.3, -0.25) is 4.79 Å². The Morgan fingerprint density at radius 3 is 2.06 bits per heavy atom. The van der Waals surface area contributed by atoms with Crippen LogP contribution in [0.5, 0.6) is 11.5 Å². The summed E-state index contributed by atoms with van der Waals surface area (Å²) >= 11 is 1.46. The highest BCUT2D eigenvalue weighted by atomic mass is 32.1. The monoisotopic (exact) mass is 469 g/mol. The Morgan fingerprint density at radius 2 is 1.47 bits per heavy atom. The van der Waals surface area contributed by atoms with E-state index < -0.39 is 6.04 Å². The Morgan fingerprint density at radius 1 is 0.853 bits per heavy atom. The molecule has 0 saturated carbocycles. The zero-order valence-electron chi connectivity index (χ0n) is 19.1. The van der Waals surface area contributed by atoms with E-state index >= 15 is 0 Å². The van der Waals surface area contributed by atoms with E-state index in [9.17, 15) is 4.79 Å². The number of nitrogens with zero attached hydrogens (tertiary/aromatic N) is 3. The van der Waals surface area contributed by atoms with Gasteiger partial charge < -0.3 is 9.47 Å². The van der Waals surface area contributed by atoms with Gasteiger partial charge in [-0.1, -0.05) is 60.7 Å². The summed E-state index contributed by atoms with van der Waals surface area (Å²) in [6, 6.07) is 25.1. The molecular weight excluding hydrogens is 446 g/mol. The largest absolute Gasteiger partial charge is 0.493 e. The molecule has 3 aromatic carbocycles. The molecule has 0 aliphatic heterocycles. The van der Waals surface area contributed by atoms with Crippen LogP contribution in [0.4, 0.5) is 0 Å². The van der Waals surface area contributed by atoms with Crippen molar-refractivity contribution in [1.29, 1.82) is 0 Å². The van der Waals surface area contributed by atoms with Crippen molar-refractivity contribution in [3.05, 3.63) is 105 Å². The second kappa shape index (κ2) is 9.11. The lowest BCUT2D eigenvalue weighted by Gasteiger charge is -2.21. The summed E-state index contributed by atoms with van der Waals surface area (Å²) in [4.78, 5) is 18.3. The zero-order valence-corrected chi connectivity index (χ0v) is 19.9. The number of methoxy groups -OCH3 is 2. The average molecular weight is 470 g/mol. The van der Waals surface area contributed by atoms with E-state index in [1.807, 2.05) is 85.8 Å². The summed E-state index contributed by atoms with van der Waals surface area (Å²) in [5.41, 5.74) is 3.62. The van der Waals surface area contributed by atoms with E-state index in [1.165, 1.54) is 11.3 Å². The molecule has 0 bridgehead atoms. The zero-order chi connectivity index (χ0) is 23.7. The third-order valence-corrected chi connectivity index (χ3v) is 6.68. The Bertz CT molecular complexity index is 1470. The predicted molar refractivity (Wildman–Crippen MR) is 135 cm³/mol. The van der Waals surface area contributed by atoms with Gasteiger partial charge in [0.15, 0.2) is 17.0 Å². The molecule has 0 radical (unpaired) electrons. The highest BCUT2D eigenvalue weighted by Gasteiger charge is 2.24. The Kier molecular flexibility index (Phi) is 5.86. The number of hydrogen-bond acceptors (Lipinski definition) is 6. The van der Waals surface area contributed by atoms with Crippen LogP contribution in [-0.2, 0) is 0 Å². The molecule has 7 heteroatoms. The van der Waals surface area contributed by atoms with E-state index in [-0.39, 0.29) is 5.56 Å². The average Bonchev–Trinajstić information content (AvgIpc) is 3.28. The first-order valence-electron chi connectivity index (χ1n) is 10.8. The lowest BCUT2D eigenvalue weighted by atomic mass is 9.99. The maximum atomic E-state index is 13.7. The Balaban J connectivity index is 1.82. The number of ether oxygens (including phenoxy) is 2. The number of rotatable bonds is 6. The molecule has 0 amide bonds. The third-order valence-electron chi connectivity index (χ3n) is 5.70. The van der Waals surface area contributed by atoms with E-state index in [1.54, 1.807) is 18.9 Å². The van der Waals surface area contributed by atoms with Crippen LogP contribution >= 0.6 is 11.3 Å². The number of fused-ring (bicyclic) bond motifs is 1. The topological polar surface area (TPSA) is 66.2 Å². The fourth-order valence-corrected chi connectivity index (χ4v) is 5.05. The van der Waals surface area contributed by atoms with Crippen molar-refractivity contribution in [3.8, 4) is 22.8 Å². The van der Waals surface area contributed by atoms with Crippen LogP contribution in [0.15, 0.2) is 83.7 Å². The summed E-state index contributed by atoms with van der Waals surface area (Å²) in [7, 11) is 3.20. The molecule has 6 nitrogen and oxygen atoms in total. The van der Waals surface area contributed by atoms with Crippen LogP contribution < -0.4 is 15.0 Å². The first-order valence-corrected chi connectivity index (χ1v) is 11.6. The molecule has 0 fully saturated rings. The molecule has 0 saturated heterocycles. The number of aryl methyl sites for hydroxylation is 1. The second-order valence-corrected chi connectivity index (χ2v) is 9.01. The van der Waals surface area contributed by atoms with Gasteiger partial charge in [0.05, 0.1) is 23.9 Å². The minimum absolute atomic E-state index is 0.221. The first-order chi connectivity index (χ1) is 16.6. The highest BCUT2D eigenvalue weighted by molar-refractivity contribution is 7.19. The van der Waals surface area contributed by atoms with Crippen LogP contribution in [0.1, 0.15) is 22.2 Å². The third kappa shape index (κ3) is 3.84. The molecule has 2 heterocycles. The van der Waals surface area contributed by atoms with E-state index in [0.29, 0.717) is 22.7 Å². The van der Waals surface area contributed by atoms with Crippen molar-refractivity contribution in [3.63, 3.8) is 0 Å². The fraction of sp³-hybridized carbons (Fsp3) is 0.148. The van der Waals surface area contributed by atoms with Gasteiger partial charge in [0, 0.05) is 5.56 Å². The van der Waals surface area contributed by atoms with Gasteiger partial charge in [-0.05, 0) is 36.2 Å². The summed E-state index contributed by atoms with van der Waals surface area (Å²) < 4.78 is 13.2. The molecule has 5 rings (SSSR count). The summed E-state index contributed by atoms with van der Waals surface area (Å²) in [5.74, 6) is 1.22. The van der Waals surface area contributed by atoms with Crippen LogP contribution in [0.2, 0.25) is 0 Å². The minimum Gasteiger partial charge on any atom is -0.493 e. The van der Waals surface area contributed by atoms with Gasteiger partial charge in [-0.25, -0.2) is 9.67 Å². The second-order valence-electron chi connectivity index (χ2n) is 7.80. The van der Waals surface area contributed by atoms with Gasteiger partial charge in [0.25, 0.3) is 5.56 Å². The van der Waals surface area contributed by atoms with Crippen LogP contribution in [-0.4, -0.2) is 29.0 Å². The molecule has 0 aliphatic carbocycles. The molecule has 170 valence electrons. The summed E-state index contributed by atoms with van der Waals surface area (Å²) in [6.07, 6.45) is 0. The van der Waals surface area contributed by atoms with E-state index in [4.69, 9.17) is 14.6 Å². The summed E-state index contributed by atoms with van der Waals surface area (Å²) in [6.45, 7) is 1.90. The number of thiazole rings is 1. The van der Waals surface area contributed by atoms with Crippen LogP contribution in [0, 0.1) is 6.92 Å². The molecule has 2 aromatic heterocycles. The van der Waals surface area contributed by atoms with Gasteiger partial charge in [-0.15, -0.1) is 11.3 Å². The molecule has 0 atom stereocenters.